The maximum atomic E-state index is 12.7. The van der Waals surface area contributed by atoms with Gasteiger partial charge in [0.1, 0.15) is 0 Å². The second-order valence-electron chi connectivity index (χ2n) is 6.26. The monoisotopic (exact) mass is 367 g/mol. The molecule has 0 saturated carbocycles. The summed E-state index contributed by atoms with van der Waals surface area (Å²) in [4.78, 5) is 24.9. The highest BCUT2D eigenvalue weighted by atomic mass is 32.2. The first-order chi connectivity index (χ1) is 11.7. The first-order valence-electron chi connectivity index (χ1n) is 8.31. The number of hydrogen-bond acceptors (Lipinski definition) is 4. The zero-order valence-electron chi connectivity index (χ0n) is 14.9. The summed E-state index contributed by atoms with van der Waals surface area (Å²) in [5, 5.41) is 2.59. The molecule has 1 N–H and O–H groups in total. The fraction of sp³-hybridized carbons (Fsp3) is 0.529. The van der Waals surface area contributed by atoms with Crippen LogP contribution in [0.4, 0.5) is 0 Å². The van der Waals surface area contributed by atoms with E-state index < -0.39 is 10.0 Å². The van der Waals surface area contributed by atoms with Crippen LogP contribution in [-0.4, -0.2) is 62.2 Å². The predicted molar refractivity (Wildman–Crippen MR) is 94.6 cm³/mol. The van der Waals surface area contributed by atoms with Crippen LogP contribution < -0.4 is 5.32 Å². The summed E-state index contributed by atoms with van der Waals surface area (Å²) in [7, 11) is -3.54. The number of hydrogen-bond donors (Lipinski definition) is 1. The molecule has 0 aliphatic carbocycles. The largest absolute Gasteiger partial charge is 0.356 e. The minimum Gasteiger partial charge on any atom is -0.356 e. The van der Waals surface area contributed by atoms with Crippen molar-refractivity contribution in [2.75, 3.05) is 32.7 Å². The molecule has 8 heteroatoms. The number of benzene rings is 1. The van der Waals surface area contributed by atoms with Gasteiger partial charge >= 0.3 is 0 Å². The molecule has 0 radical (unpaired) electrons. The van der Waals surface area contributed by atoms with Crippen molar-refractivity contribution in [1.82, 2.24) is 14.5 Å². The molecule has 1 aromatic carbocycles. The van der Waals surface area contributed by atoms with Crippen LogP contribution in [0.3, 0.4) is 0 Å². The molecule has 1 aromatic rings. The fourth-order valence-electron chi connectivity index (χ4n) is 2.70. The van der Waals surface area contributed by atoms with Crippen LogP contribution in [0.15, 0.2) is 23.1 Å². The van der Waals surface area contributed by atoms with E-state index in [0.29, 0.717) is 24.5 Å². The van der Waals surface area contributed by atoms with Gasteiger partial charge in [-0.05, 0) is 37.1 Å². The number of rotatable bonds is 5. The van der Waals surface area contributed by atoms with Gasteiger partial charge in [-0.2, -0.15) is 4.31 Å². The van der Waals surface area contributed by atoms with E-state index in [-0.39, 0.29) is 31.3 Å². The van der Waals surface area contributed by atoms with Crippen LogP contribution in [0.2, 0.25) is 0 Å². The lowest BCUT2D eigenvalue weighted by atomic mass is 10.1. The lowest BCUT2D eigenvalue weighted by Gasteiger charge is -2.34. The molecule has 25 heavy (non-hydrogen) atoms. The third-order valence-electron chi connectivity index (χ3n) is 4.42. The highest BCUT2D eigenvalue weighted by Gasteiger charge is 2.30. The number of sulfonamides is 1. The number of nitrogens with one attached hydrogen (secondary N) is 1. The summed E-state index contributed by atoms with van der Waals surface area (Å²) in [6.45, 7) is 6.82. The first-order valence-corrected chi connectivity index (χ1v) is 9.75. The number of nitrogens with zero attached hydrogens (tertiary/aromatic N) is 2. The van der Waals surface area contributed by atoms with Crippen LogP contribution in [0, 0.1) is 13.8 Å². The van der Waals surface area contributed by atoms with E-state index in [1.165, 1.54) is 11.2 Å². The normalized spacial score (nSPS) is 15.9. The molecule has 0 spiro atoms. The predicted octanol–water partition coefficient (Wildman–Crippen LogP) is 0.663. The molecule has 0 bridgehead atoms. The minimum absolute atomic E-state index is 0.0722. The Morgan fingerprint density at radius 3 is 2.28 bits per heavy atom. The summed E-state index contributed by atoms with van der Waals surface area (Å²) in [5.74, 6) is -0.242. The second-order valence-corrected chi connectivity index (χ2v) is 8.20. The van der Waals surface area contributed by atoms with Gasteiger partial charge in [-0.15, -0.1) is 0 Å². The number of piperazine rings is 1. The van der Waals surface area contributed by atoms with Crippen molar-refractivity contribution >= 4 is 21.8 Å². The van der Waals surface area contributed by atoms with E-state index in [4.69, 9.17) is 0 Å². The first kappa shape index (κ1) is 19.4. The number of carbonyl (C=O) groups excluding carboxylic acids is 2. The summed E-state index contributed by atoms with van der Waals surface area (Å²) < 4.78 is 26.9. The summed E-state index contributed by atoms with van der Waals surface area (Å²) in [5.41, 5.74) is 1.99. The van der Waals surface area contributed by atoms with E-state index in [1.807, 2.05) is 19.9 Å². The lowest BCUT2D eigenvalue weighted by molar-refractivity contribution is -0.132. The molecule has 0 atom stereocenters. The van der Waals surface area contributed by atoms with Crippen LogP contribution in [0.5, 0.6) is 0 Å². The Morgan fingerprint density at radius 2 is 1.72 bits per heavy atom. The van der Waals surface area contributed by atoms with E-state index in [1.54, 1.807) is 17.0 Å². The van der Waals surface area contributed by atoms with Crippen molar-refractivity contribution < 1.29 is 18.0 Å². The standard InChI is InChI=1S/C17H25N3O4S/c1-13-4-5-16(12-14(13)2)25(23,24)20-10-8-19(9-11-20)17(22)6-7-18-15(3)21/h4-5,12H,6-11H2,1-3H3,(H,18,21). The number of carbonyl (C=O) groups is 2. The van der Waals surface area contributed by atoms with Gasteiger partial charge in [0.05, 0.1) is 4.90 Å². The quantitative estimate of drug-likeness (QED) is 0.828. The van der Waals surface area contributed by atoms with E-state index in [9.17, 15) is 18.0 Å². The van der Waals surface area contributed by atoms with Crippen molar-refractivity contribution in [2.24, 2.45) is 0 Å². The molecule has 1 heterocycles. The molecule has 2 rings (SSSR count). The smallest absolute Gasteiger partial charge is 0.243 e. The van der Waals surface area contributed by atoms with Gasteiger partial charge in [0.2, 0.25) is 21.8 Å². The molecule has 7 nitrogen and oxygen atoms in total. The van der Waals surface area contributed by atoms with Crippen LogP contribution in [0.1, 0.15) is 24.5 Å². The molecular formula is C17H25N3O4S. The van der Waals surface area contributed by atoms with Crippen molar-refractivity contribution in [3.8, 4) is 0 Å². The van der Waals surface area contributed by atoms with Gasteiger partial charge in [-0.1, -0.05) is 6.07 Å². The second kappa shape index (κ2) is 7.97. The van der Waals surface area contributed by atoms with Gasteiger partial charge in [-0.3, -0.25) is 9.59 Å². The van der Waals surface area contributed by atoms with E-state index in [0.717, 1.165) is 11.1 Å². The molecule has 0 aromatic heterocycles. The summed E-state index contributed by atoms with van der Waals surface area (Å²) >= 11 is 0. The van der Waals surface area contributed by atoms with E-state index in [2.05, 4.69) is 5.32 Å². The Labute approximate surface area is 149 Å². The Balaban J connectivity index is 1.95. The van der Waals surface area contributed by atoms with Gasteiger partial charge in [0.15, 0.2) is 0 Å². The van der Waals surface area contributed by atoms with Crippen molar-refractivity contribution in [1.29, 1.82) is 0 Å². The van der Waals surface area contributed by atoms with Crippen molar-refractivity contribution in [3.05, 3.63) is 29.3 Å². The minimum atomic E-state index is -3.54. The van der Waals surface area contributed by atoms with Gasteiger partial charge in [0, 0.05) is 46.1 Å². The molecule has 1 saturated heterocycles. The Bertz CT molecular complexity index is 753. The Hall–Kier alpha value is -1.93. The highest BCUT2D eigenvalue weighted by molar-refractivity contribution is 7.89. The summed E-state index contributed by atoms with van der Waals surface area (Å²) in [6.07, 6.45) is 0.226. The zero-order valence-corrected chi connectivity index (χ0v) is 15.7. The third-order valence-corrected chi connectivity index (χ3v) is 6.31. The molecule has 138 valence electrons. The Morgan fingerprint density at radius 1 is 1.08 bits per heavy atom. The lowest BCUT2D eigenvalue weighted by Crippen LogP contribution is -2.50. The SMILES string of the molecule is CC(=O)NCCC(=O)N1CCN(S(=O)(=O)c2ccc(C)c(C)c2)CC1. The number of amides is 2. The van der Waals surface area contributed by atoms with Crippen LogP contribution in [-0.2, 0) is 19.6 Å². The average Bonchev–Trinajstić information content (AvgIpc) is 2.57. The molecule has 2 amide bonds. The molecule has 0 unspecified atom stereocenters. The van der Waals surface area contributed by atoms with Gasteiger partial charge in [-0.25, -0.2) is 8.42 Å². The van der Waals surface area contributed by atoms with Gasteiger partial charge in [0.25, 0.3) is 0 Å². The maximum Gasteiger partial charge on any atom is 0.243 e. The van der Waals surface area contributed by atoms with Crippen LogP contribution in [0.25, 0.3) is 0 Å². The Kier molecular flexibility index (Phi) is 6.18. The van der Waals surface area contributed by atoms with Crippen LogP contribution >= 0.6 is 0 Å². The molecule has 1 fully saturated rings. The van der Waals surface area contributed by atoms with Gasteiger partial charge < -0.3 is 10.2 Å². The van der Waals surface area contributed by atoms with Crippen molar-refractivity contribution in [3.63, 3.8) is 0 Å². The molecular weight excluding hydrogens is 342 g/mol. The molecule has 1 aliphatic rings. The molecule has 1 aliphatic heterocycles. The topological polar surface area (TPSA) is 86.8 Å². The zero-order chi connectivity index (χ0) is 18.6. The maximum absolute atomic E-state index is 12.7. The fourth-order valence-corrected chi connectivity index (χ4v) is 4.21. The van der Waals surface area contributed by atoms with E-state index >= 15 is 0 Å². The number of aryl methyl sites for hydroxylation is 2. The average molecular weight is 367 g/mol. The van der Waals surface area contributed by atoms with Crippen molar-refractivity contribution in [2.45, 2.75) is 32.1 Å². The highest BCUT2D eigenvalue weighted by Crippen LogP contribution is 2.20. The summed E-state index contributed by atoms with van der Waals surface area (Å²) in [6, 6.07) is 5.13. The third kappa shape index (κ3) is 4.79.